The molecule has 0 radical (unpaired) electrons. The number of anilines is 1. The zero-order valence-corrected chi connectivity index (χ0v) is 23.3. The number of aromatic nitrogens is 6. The van der Waals surface area contributed by atoms with Gasteiger partial charge in [0.25, 0.3) is 0 Å². The van der Waals surface area contributed by atoms with Crippen molar-refractivity contribution in [3.63, 3.8) is 0 Å². The summed E-state index contributed by atoms with van der Waals surface area (Å²) in [7, 11) is 0. The molecule has 0 aliphatic carbocycles. The number of halogens is 1. The second kappa shape index (κ2) is 13.5. The van der Waals surface area contributed by atoms with Crippen molar-refractivity contribution in [1.82, 2.24) is 35.7 Å². The van der Waals surface area contributed by atoms with E-state index in [1.54, 1.807) is 54.6 Å². The lowest BCUT2D eigenvalue weighted by Gasteiger charge is -2.19. The van der Waals surface area contributed by atoms with Crippen molar-refractivity contribution in [2.75, 3.05) is 5.32 Å². The fraction of sp³-hybridized carbons (Fsp3) is 0.100. The minimum absolute atomic E-state index is 0.337. The fourth-order valence-corrected chi connectivity index (χ4v) is 4.61. The second-order valence-corrected chi connectivity index (χ2v) is 9.77. The molecule has 0 spiro atoms. The van der Waals surface area contributed by atoms with Crippen LogP contribution in [0.1, 0.15) is 28.6 Å². The van der Waals surface area contributed by atoms with Crippen LogP contribution in [0, 0.1) is 0 Å². The van der Waals surface area contributed by atoms with Crippen LogP contribution >= 0.6 is 11.6 Å². The normalized spacial score (nSPS) is 11.8. The van der Waals surface area contributed by atoms with Crippen LogP contribution in [-0.2, 0) is 17.8 Å². The van der Waals surface area contributed by atoms with Gasteiger partial charge in [-0.05, 0) is 70.4 Å². The average molecular weight is 597 g/mol. The summed E-state index contributed by atoms with van der Waals surface area (Å²) in [6, 6.07) is 22.6. The van der Waals surface area contributed by atoms with E-state index in [-0.39, 0.29) is 12.5 Å². The van der Waals surface area contributed by atoms with Gasteiger partial charge >= 0.3 is 6.09 Å². The van der Waals surface area contributed by atoms with Crippen LogP contribution in [0.25, 0.3) is 22.9 Å². The van der Waals surface area contributed by atoms with Gasteiger partial charge in [-0.15, -0.1) is 5.10 Å². The van der Waals surface area contributed by atoms with E-state index in [1.807, 2.05) is 30.3 Å². The number of nitrogens with zero attached hydrogens (tertiary/aromatic N) is 6. The van der Waals surface area contributed by atoms with Crippen molar-refractivity contribution in [1.29, 1.82) is 0 Å². The number of tetrazole rings is 1. The molecule has 1 atom stereocenters. The van der Waals surface area contributed by atoms with E-state index >= 15 is 0 Å². The van der Waals surface area contributed by atoms with Crippen LogP contribution < -0.4 is 10.6 Å². The van der Waals surface area contributed by atoms with E-state index in [4.69, 9.17) is 16.7 Å². The summed E-state index contributed by atoms with van der Waals surface area (Å²) >= 11 is 6.21. The maximum Gasteiger partial charge on any atom is 0.409 e. The summed E-state index contributed by atoms with van der Waals surface area (Å²) in [6.45, 7) is -0.362. The number of benzene rings is 3. The molecular formula is C30H25ClN8O4. The van der Waals surface area contributed by atoms with E-state index in [9.17, 15) is 14.7 Å². The Hall–Kier alpha value is -5.46. The van der Waals surface area contributed by atoms with Gasteiger partial charge in [0.2, 0.25) is 5.91 Å². The summed E-state index contributed by atoms with van der Waals surface area (Å²) in [4.78, 5) is 24.2. The average Bonchev–Trinajstić information content (AvgIpc) is 3.55. The fourth-order valence-electron chi connectivity index (χ4n) is 4.43. The number of hydrogen-bond donors (Lipinski definition) is 4. The Morgan fingerprint density at radius 2 is 1.79 bits per heavy atom. The third kappa shape index (κ3) is 7.44. The second-order valence-electron chi connectivity index (χ2n) is 9.34. The molecule has 0 fully saturated rings. The number of carboxylic acid groups (broad SMARTS) is 1. The summed E-state index contributed by atoms with van der Waals surface area (Å²) in [6.07, 6.45) is 3.70. The molecule has 43 heavy (non-hydrogen) atoms. The molecular weight excluding hydrogens is 572 g/mol. The molecule has 12 nitrogen and oxygen atoms in total. The maximum absolute atomic E-state index is 13.3. The van der Waals surface area contributed by atoms with Crippen molar-refractivity contribution in [3.05, 3.63) is 119 Å². The first-order chi connectivity index (χ1) is 20.9. The highest BCUT2D eigenvalue weighted by atomic mass is 35.5. The lowest BCUT2D eigenvalue weighted by Crippen LogP contribution is -2.29. The molecule has 0 bridgehead atoms. The number of nitrogens with one attached hydrogen (secondary N) is 2. The molecule has 3 aromatic carbocycles. The van der Waals surface area contributed by atoms with Gasteiger partial charge in [0.1, 0.15) is 6.33 Å². The molecule has 0 saturated carbocycles. The van der Waals surface area contributed by atoms with Crippen LogP contribution in [0.2, 0.25) is 5.02 Å². The van der Waals surface area contributed by atoms with Crippen molar-refractivity contribution in [3.8, 4) is 16.8 Å². The number of aliphatic hydroxyl groups is 1. The predicted molar refractivity (Wildman–Crippen MR) is 159 cm³/mol. The van der Waals surface area contributed by atoms with Crippen molar-refractivity contribution < 1.29 is 19.8 Å². The molecule has 0 saturated heterocycles. The Labute approximate surface area is 250 Å². The van der Waals surface area contributed by atoms with Gasteiger partial charge < -0.3 is 15.5 Å². The van der Waals surface area contributed by atoms with Gasteiger partial charge in [-0.1, -0.05) is 54.1 Å². The number of rotatable bonds is 10. The summed E-state index contributed by atoms with van der Waals surface area (Å²) in [5.74, 6) is -0.387. The minimum atomic E-state index is -1.17. The zero-order valence-electron chi connectivity index (χ0n) is 22.5. The summed E-state index contributed by atoms with van der Waals surface area (Å²) in [5, 5.41) is 44.6. The van der Waals surface area contributed by atoms with Gasteiger partial charge in [0.15, 0.2) is 0 Å². The van der Waals surface area contributed by atoms with Crippen LogP contribution in [-0.4, -0.2) is 52.6 Å². The van der Waals surface area contributed by atoms with Crippen molar-refractivity contribution >= 4 is 35.4 Å². The Morgan fingerprint density at radius 1 is 1.00 bits per heavy atom. The molecule has 216 valence electrons. The number of amides is 2. The van der Waals surface area contributed by atoms with Crippen LogP contribution in [0.5, 0.6) is 0 Å². The highest BCUT2D eigenvalue weighted by Gasteiger charge is 2.19. The predicted octanol–water partition coefficient (Wildman–Crippen LogP) is 4.47. The SMILES string of the molecule is O=C(O)Nc1ccc(-c2cc(C(Cc3ccccc3)NC(=O)C=Cc3cc(Cl)ccc3-n3cnnn3)nnc2CO)cc1. The van der Waals surface area contributed by atoms with Crippen LogP contribution in [0.4, 0.5) is 10.5 Å². The first kappa shape index (κ1) is 29.0. The van der Waals surface area contributed by atoms with Gasteiger partial charge in [0.05, 0.1) is 29.7 Å². The number of aliphatic hydroxyl groups excluding tert-OH is 1. The molecule has 0 aliphatic heterocycles. The molecule has 1 unspecified atom stereocenters. The minimum Gasteiger partial charge on any atom is -0.465 e. The van der Waals surface area contributed by atoms with Crippen LogP contribution in [0.3, 0.4) is 0 Å². The molecule has 4 N–H and O–H groups in total. The lowest BCUT2D eigenvalue weighted by atomic mass is 9.98. The maximum atomic E-state index is 13.3. The largest absolute Gasteiger partial charge is 0.465 e. The Kier molecular flexibility index (Phi) is 9.10. The van der Waals surface area contributed by atoms with E-state index in [0.717, 1.165) is 5.56 Å². The third-order valence-corrected chi connectivity index (χ3v) is 6.68. The van der Waals surface area contributed by atoms with E-state index in [1.165, 1.54) is 17.1 Å². The Balaban J connectivity index is 1.45. The molecule has 0 aliphatic rings. The third-order valence-electron chi connectivity index (χ3n) is 6.44. The summed E-state index contributed by atoms with van der Waals surface area (Å²) in [5.41, 5.74) is 4.73. The van der Waals surface area contributed by atoms with Crippen LogP contribution in [0.15, 0.2) is 91.3 Å². The topological polar surface area (TPSA) is 168 Å². The molecule has 5 rings (SSSR count). The Bertz CT molecular complexity index is 1750. The molecule has 2 aromatic heterocycles. The lowest BCUT2D eigenvalue weighted by molar-refractivity contribution is -0.117. The van der Waals surface area contributed by atoms with Crippen molar-refractivity contribution in [2.24, 2.45) is 0 Å². The number of carbonyl (C=O) groups is 2. The first-order valence-electron chi connectivity index (χ1n) is 13.0. The first-order valence-corrected chi connectivity index (χ1v) is 13.4. The van der Waals surface area contributed by atoms with Gasteiger partial charge in [-0.3, -0.25) is 10.1 Å². The van der Waals surface area contributed by atoms with E-state index < -0.39 is 12.1 Å². The van der Waals surface area contributed by atoms with E-state index in [2.05, 4.69) is 36.4 Å². The molecule has 5 aromatic rings. The van der Waals surface area contributed by atoms with Crippen molar-refractivity contribution in [2.45, 2.75) is 19.1 Å². The molecule has 13 heteroatoms. The molecule has 2 amide bonds. The number of carbonyl (C=O) groups excluding carboxylic acids is 1. The quantitative estimate of drug-likeness (QED) is 0.170. The van der Waals surface area contributed by atoms with Gasteiger partial charge in [-0.2, -0.15) is 14.9 Å². The van der Waals surface area contributed by atoms with Gasteiger partial charge in [0, 0.05) is 27.9 Å². The smallest absolute Gasteiger partial charge is 0.409 e. The molecule has 2 heterocycles. The number of hydrogen-bond acceptors (Lipinski definition) is 8. The van der Waals surface area contributed by atoms with E-state index in [0.29, 0.717) is 50.9 Å². The zero-order chi connectivity index (χ0) is 30.2. The monoisotopic (exact) mass is 596 g/mol. The Morgan fingerprint density at radius 3 is 2.49 bits per heavy atom. The highest BCUT2D eigenvalue weighted by Crippen LogP contribution is 2.28. The highest BCUT2D eigenvalue weighted by molar-refractivity contribution is 6.30. The standard InChI is InChI=1S/C30H25ClN8O4/c31-22-9-12-28(39-18-32-37-38-39)21(15-22)8-13-29(41)34-25(14-19-4-2-1-3-5-19)26-16-24(27(17-40)36-35-26)20-6-10-23(11-7-20)33-30(42)43/h1-13,15-16,18,25,33,40H,14,17H2,(H,34,41)(H,42,43). The summed E-state index contributed by atoms with van der Waals surface area (Å²) < 4.78 is 1.47. The van der Waals surface area contributed by atoms with Gasteiger partial charge in [-0.25, -0.2) is 4.79 Å².